The molecule has 1 heterocycles. The third kappa shape index (κ3) is 4.19. The maximum Gasteiger partial charge on any atom is 0.321 e. The Morgan fingerprint density at radius 2 is 2.09 bits per heavy atom. The fourth-order valence-corrected chi connectivity index (χ4v) is 2.36. The minimum absolute atomic E-state index is 0.0796. The average molecular weight is 338 g/mol. The summed E-state index contributed by atoms with van der Waals surface area (Å²) in [5.41, 5.74) is 0.209. The lowest BCUT2D eigenvalue weighted by molar-refractivity contribution is -0.117. The number of nitrogens with zero attached hydrogens (tertiary/aromatic N) is 3. The number of carbonyl (C=O) groups excluding carboxylic acids is 2. The fourth-order valence-electron chi connectivity index (χ4n) is 1.70. The van der Waals surface area contributed by atoms with E-state index < -0.39 is 17.8 Å². The minimum Gasteiger partial charge on any atom is -0.338 e. The predicted octanol–water partition coefficient (Wildman–Crippen LogP) is 0.736. The lowest BCUT2D eigenvalue weighted by Gasteiger charge is -2.05. The molecule has 23 heavy (non-hydrogen) atoms. The molecule has 0 atom stereocenters. The topological polar surface area (TPSA) is 115 Å². The fraction of sp³-hybridized carbons (Fsp3) is 0.231. The summed E-state index contributed by atoms with van der Waals surface area (Å²) in [6.45, 7) is 2.15. The van der Waals surface area contributed by atoms with Crippen LogP contribution in [0.25, 0.3) is 11.4 Å². The van der Waals surface area contributed by atoms with E-state index in [0.717, 1.165) is 16.4 Å². The van der Waals surface area contributed by atoms with Crippen molar-refractivity contribution in [2.24, 2.45) is 0 Å². The predicted molar refractivity (Wildman–Crippen MR) is 83.5 cm³/mol. The molecule has 0 spiro atoms. The molecule has 4 N–H and O–H groups in total. The highest BCUT2D eigenvalue weighted by molar-refractivity contribution is 7.99. The summed E-state index contributed by atoms with van der Waals surface area (Å²) >= 11 is 0.986. The molecule has 3 amide bonds. The molecular formula is C13H15FN6O2S. The van der Waals surface area contributed by atoms with Gasteiger partial charge in [-0.2, -0.15) is 0 Å². The zero-order valence-electron chi connectivity index (χ0n) is 12.2. The number of imide groups is 1. The average Bonchev–Trinajstić information content (AvgIpc) is 2.87. The van der Waals surface area contributed by atoms with E-state index in [1.165, 1.54) is 12.1 Å². The van der Waals surface area contributed by atoms with Crippen molar-refractivity contribution in [3.05, 3.63) is 30.1 Å². The van der Waals surface area contributed by atoms with Gasteiger partial charge in [-0.15, -0.1) is 10.2 Å². The van der Waals surface area contributed by atoms with Crippen LogP contribution in [0.15, 0.2) is 29.4 Å². The third-order valence-corrected chi connectivity index (χ3v) is 3.65. The van der Waals surface area contributed by atoms with E-state index in [-0.39, 0.29) is 22.3 Å². The first kappa shape index (κ1) is 16.7. The molecule has 10 heteroatoms. The summed E-state index contributed by atoms with van der Waals surface area (Å²) in [5, 5.41) is 12.5. The summed E-state index contributed by atoms with van der Waals surface area (Å²) in [6, 6.07) is 5.45. The summed E-state index contributed by atoms with van der Waals surface area (Å²) in [4.78, 5) is 22.8. The first-order valence-electron chi connectivity index (χ1n) is 6.68. The van der Waals surface area contributed by atoms with Crippen LogP contribution >= 0.6 is 11.8 Å². The summed E-state index contributed by atoms with van der Waals surface area (Å²) in [5.74, 6) is 4.92. The first-order valence-corrected chi connectivity index (χ1v) is 7.67. The van der Waals surface area contributed by atoms with E-state index in [2.05, 4.69) is 20.8 Å². The largest absolute Gasteiger partial charge is 0.338 e. The van der Waals surface area contributed by atoms with Gasteiger partial charge in [0.15, 0.2) is 5.82 Å². The van der Waals surface area contributed by atoms with Crippen LogP contribution in [-0.4, -0.2) is 39.1 Å². The number of carbonyl (C=O) groups is 2. The lowest BCUT2D eigenvalue weighted by atomic mass is 10.2. The maximum atomic E-state index is 13.7. The molecule has 8 nitrogen and oxygen atoms in total. The van der Waals surface area contributed by atoms with Crippen molar-refractivity contribution in [3.63, 3.8) is 0 Å². The van der Waals surface area contributed by atoms with Gasteiger partial charge in [-0.1, -0.05) is 23.9 Å². The molecule has 0 radical (unpaired) electrons. The van der Waals surface area contributed by atoms with Crippen molar-refractivity contribution in [3.8, 4) is 11.4 Å². The highest BCUT2D eigenvalue weighted by atomic mass is 32.2. The van der Waals surface area contributed by atoms with Gasteiger partial charge in [0.2, 0.25) is 11.1 Å². The first-order chi connectivity index (χ1) is 11.0. The van der Waals surface area contributed by atoms with E-state index >= 15 is 0 Å². The molecule has 0 fully saturated rings. The highest BCUT2D eigenvalue weighted by Crippen LogP contribution is 2.23. The Kier molecular flexibility index (Phi) is 5.52. The molecule has 122 valence electrons. The Balaban J connectivity index is 2.02. The minimum atomic E-state index is -0.570. The molecule has 1 aromatic carbocycles. The number of amides is 3. The van der Waals surface area contributed by atoms with Crippen LogP contribution in [0.5, 0.6) is 0 Å². The number of thioether (sulfide) groups is 1. The number of hydrogen-bond donors (Lipinski definition) is 3. The Hall–Kier alpha value is -2.62. The maximum absolute atomic E-state index is 13.7. The van der Waals surface area contributed by atoms with Crippen molar-refractivity contribution in [1.29, 1.82) is 0 Å². The van der Waals surface area contributed by atoms with E-state index in [9.17, 15) is 14.0 Å². The van der Waals surface area contributed by atoms with E-state index in [0.29, 0.717) is 6.54 Å². The van der Waals surface area contributed by atoms with Crippen LogP contribution < -0.4 is 16.5 Å². The summed E-state index contributed by atoms with van der Waals surface area (Å²) in [6.07, 6.45) is 0. The SMILES string of the molecule is CCNC(=O)NC(=O)CSc1nnc(-c2ccccc2F)n1N. The second kappa shape index (κ2) is 7.58. The molecule has 2 rings (SSSR count). The molecule has 0 unspecified atom stereocenters. The van der Waals surface area contributed by atoms with E-state index in [1.54, 1.807) is 19.1 Å². The van der Waals surface area contributed by atoms with E-state index in [1.807, 2.05) is 0 Å². The second-order valence-corrected chi connectivity index (χ2v) is 5.29. The molecule has 0 aliphatic carbocycles. The van der Waals surface area contributed by atoms with Gasteiger partial charge in [0.1, 0.15) is 5.82 Å². The lowest BCUT2D eigenvalue weighted by Crippen LogP contribution is -2.40. The Labute approximate surface area is 135 Å². The van der Waals surface area contributed by atoms with Crippen LogP contribution in [0.2, 0.25) is 0 Å². The number of nitrogens with two attached hydrogens (primary N) is 1. The second-order valence-electron chi connectivity index (χ2n) is 4.35. The summed E-state index contributed by atoms with van der Waals surface area (Å²) in [7, 11) is 0. The monoisotopic (exact) mass is 338 g/mol. The van der Waals surface area contributed by atoms with Gasteiger partial charge in [0, 0.05) is 6.54 Å². The van der Waals surface area contributed by atoms with Crippen molar-refractivity contribution in [2.75, 3.05) is 18.1 Å². The van der Waals surface area contributed by atoms with Crippen LogP contribution in [0.4, 0.5) is 9.18 Å². The molecule has 2 aromatic rings. The number of nitrogens with one attached hydrogen (secondary N) is 2. The van der Waals surface area contributed by atoms with Crippen LogP contribution in [0, 0.1) is 5.82 Å². The molecule has 0 saturated heterocycles. The Morgan fingerprint density at radius 1 is 1.35 bits per heavy atom. The van der Waals surface area contributed by atoms with Crippen molar-refractivity contribution < 1.29 is 14.0 Å². The number of hydrogen-bond acceptors (Lipinski definition) is 6. The Morgan fingerprint density at radius 3 is 2.78 bits per heavy atom. The van der Waals surface area contributed by atoms with Crippen LogP contribution in [0.1, 0.15) is 6.92 Å². The van der Waals surface area contributed by atoms with Gasteiger partial charge in [-0.3, -0.25) is 10.1 Å². The standard InChI is InChI=1S/C13H15FN6O2S/c1-2-16-12(22)17-10(21)7-23-13-19-18-11(20(13)15)8-5-3-4-6-9(8)14/h3-6H,2,7,15H2,1H3,(H2,16,17,21,22). The van der Waals surface area contributed by atoms with Gasteiger partial charge in [-0.25, -0.2) is 13.9 Å². The number of benzene rings is 1. The van der Waals surface area contributed by atoms with E-state index in [4.69, 9.17) is 5.84 Å². The molecule has 0 bridgehead atoms. The normalized spacial score (nSPS) is 10.3. The molecule has 0 saturated carbocycles. The Bertz CT molecular complexity index is 720. The van der Waals surface area contributed by atoms with Crippen LogP contribution in [0.3, 0.4) is 0 Å². The zero-order chi connectivity index (χ0) is 16.8. The number of rotatable bonds is 5. The number of nitrogen functional groups attached to an aromatic ring is 1. The van der Waals surface area contributed by atoms with Crippen molar-refractivity contribution in [1.82, 2.24) is 25.5 Å². The molecule has 0 aliphatic rings. The van der Waals surface area contributed by atoms with Crippen LogP contribution in [-0.2, 0) is 4.79 Å². The van der Waals surface area contributed by atoms with Gasteiger partial charge >= 0.3 is 6.03 Å². The zero-order valence-corrected chi connectivity index (χ0v) is 13.1. The third-order valence-electron chi connectivity index (χ3n) is 2.70. The molecule has 1 aromatic heterocycles. The smallest absolute Gasteiger partial charge is 0.321 e. The van der Waals surface area contributed by atoms with Gasteiger partial charge in [0.25, 0.3) is 0 Å². The number of aromatic nitrogens is 3. The van der Waals surface area contributed by atoms with Crippen molar-refractivity contribution in [2.45, 2.75) is 12.1 Å². The molecule has 0 aliphatic heterocycles. The quantitative estimate of drug-likeness (QED) is 0.547. The van der Waals surface area contributed by atoms with Crippen molar-refractivity contribution >= 4 is 23.7 Å². The summed E-state index contributed by atoms with van der Waals surface area (Å²) < 4.78 is 14.8. The molecular weight excluding hydrogens is 323 g/mol. The van der Waals surface area contributed by atoms with Gasteiger partial charge in [0.05, 0.1) is 11.3 Å². The number of urea groups is 1. The van der Waals surface area contributed by atoms with Gasteiger partial charge in [-0.05, 0) is 19.1 Å². The van der Waals surface area contributed by atoms with Gasteiger partial charge < -0.3 is 11.2 Å². The number of halogens is 1. The highest BCUT2D eigenvalue weighted by Gasteiger charge is 2.16.